The SMILES string of the molecule is C/C(=N/NC(=O)[C@H]1CCS(=O)(=O)C1)c1ccc(N2CCCCC2)cc1. The van der Waals surface area contributed by atoms with E-state index in [1.807, 2.05) is 19.1 Å². The molecule has 6 nitrogen and oxygen atoms in total. The lowest BCUT2D eigenvalue weighted by Crippen LogP contribution is -2.29. The number of carbonyl (C=O) groups is 1. The second-order valence-corrected chi connectivity index (χ2v) is 9.10. The van der Waals surface area contributed by atoms with Gasteiger partial charge in [-0.05, 0) is 50.3 Å². The zero-order valence-corrected chi connectivity index (χ0v) is 15.4. The highest BCUT2D eigenvalue weighted by atomic mass is 32.2. The predicted molar refractivity (Wildman–Crippen MR) is 99.6 cm³/mol. The first-order valence-corrected chi connectivity index (χ1v) is 10.7. The fourth-order valence-electron chi connectivity index (χ4n) is 3.36. The normalized spacial score (nSPS) is 23.5. The summed E-state index contributed by atoms with van der Waals surface area (Å²) in [6.45, 7) is 4.04. The van der Waals surface area contributed by atoms with Gasteiger partial charge < -0.3 is 4.90 Å². The molecule has 0 bridgehead atoms. The van der Waals surface area contributed by atoms with E-state index in [4.69, 9.17) is 0 Å². The van der Waals surface area contributed by atoms with Crippen molar-refractivity contribution >= 4 is 27.1 Å². The van der Waals surface area contributed by atoms with Crippen LogP contribution in [-0.2, 0) is 14.6 Å². The van der Waals surface area contributed by atoms with Crippen LogP contribution in [0.3, 0.4) is 0 Å². The summed E-state index contributed by atoms with van der Waals surface area (Å²) in [6, 6.07) is 8.19. The van der Waals surface area contributed by atoms with E-state index in [-0.39, 0.29) is 17.4 Å². The molecule has 0 saturated carbocycles. The molecule has 0 aromatic heterocycles. The molecule has 3 rings (SSSR count). The van der Waals surface area contributed by atoms with Crippen LogP contribution < -0.4 is 10.3 Å². The number of piperidine rings is 1. The largest absolute Gasteiger partial charge is 0.372 e. The average molecular weight is 363 g/mol. The van der Waals surface area contributed by atoms with Crippen LogP contribution >= 0.6 is 0 Å². The Balaban J connectivity index is 1.59. The van der Waals surface area contributed by atoms with Crippen molar-refractivity contribution in [2.24, 2.45) is 11.0 Å². The van der Waals surface area contributed by atoms with Gasteiger partial charge in [-0.15, -0.1) is 0 Å². The summed E-state index contributed by atoms with van der Waals surface area (Å²) in [5.41, 5.74) is 5.38. The number of hydrogen-bond acceptors (Lipinski definition) is 5. The van der Waals surface area contributed by atoms with E-state index in [0.717, 1.165) is 18.7 Å². The summed E-state index contributed by atoms with van der Waals surface area (Å²) >= 11 is 0. The zero-order chi connectivity index (χ0) is 17.9. The summed E-state index contributed by atoms with van der Waals surface area (Å²) in [5.74, 6) is -0.780. The van der Waals surface area contributed by atoms with Crippen LogP contribution in [0.1, 0.15) is 38.2 Å². The molecule has 0 aliphatic carbocycles. The predicted octanol–water partition coefficient (Wildman–Crippen LogP) is 1.95. The molecule has 1 aromatic carbocycles. The fraction of sp³-hybridized carbons (Fsp3) is 0.556. The molecule has 2 fully saturated rings. The first-order chi connectivity index (χ1) is 11.9. The molecule has 0 radical (unpaired) electrons. The molecule has 2 aliphatic rings. The summed E-state index contributed by atoms with van der Waals surface area (Å²) in [5, 5.41) is 4.14. The first-order valence-electron chi connectivity index (χ1n) is 8.84. The molecule has 1 N–H and O–H groups in total. The standard InChI is InChI=1S/C18H25N3O3S/c1-14(19-20-18(22)16-9-12-25(23,24)13-16)15-5-7-17(8-6-15)21-10-3-2-4-11-21/h5-8,16H,2-4,9-13H2,1H3,(H,20,22)/b19-14-/t16-/m0/s1. The van der Waals surface area contributed by atoms with E-state index >= 15 is 0 Å². The molecule has 25 heavy (non-hydrogen) atoms. The minimum absolute atomic E-state index is 0.0715. The van der Waals surface area contributed by atoms with Crippen molar-refractivity contribution in [3.63, 3.8) is 0 Å². The Morgan fingerprint density at radius 2 is 1.84 bits per heavy atom. The zero-order valence-electron chi connectivity index (χ0n) is 14.6. The first kappa shape index (κ1) is 17.9. The number of carbonyl (C=O) groups excluding carboxylic acids is 1. The molecule has 1 aromatic rings. The van der Waals surface area contributed by atoms with E-state index in [0.29, 0.717) is 12.1 Å². The second-order valence-electron chi connectivity index (χ2n) is 6.87. The van der Waals surface area contributed by atoms with Crippen LogP contribution in [0, 0.1) is 5.92 Å². The van der Waals surface area contributed by atoms with Crippen molar-refractivity contribution < 1.29 is 13.2 Å². The number of nitrogens with one attached hydrogen (secondary N) is 1. The molecule has 1 amide bonds. The lowest BCUT2D eigenvalue weighted by molar-refractivity contribution is -0.124. The third kappa shape index (κ3) is 4.60. The molecule has 0 unspecified atom stereocenters. The van der Waals surface area contributed by atoms with Gasteiger partial charge in [0.25, 0.3) is 0 Å². The monoisotopic (exact) mass is 363 g/mol. The van der Waals surface area contributed by atoms with Crippen molar-refractivity contribution in [1.29, 1.82) is 0 Å². The highest BCUT2D eigenvalue weighted by Gasteiger charge is 2.32. The summed E-state index contributed by atoms with van der Waals surface area (Å²) in [4.78, 5) is 14.4. The highest BCUT2D eigenvalue weighted by Crippen LogP contribution is 2.21. The number of hydrogen-bond donors (Lipinski definition) is 1. The van der Waals surface area contributed by atoms with Crippen molar-refractivity contribution in [2.75, 3.05) is 29.5 Å². The quantitative estimate of drug-likeness (QED) is 0.655. The number of benzene rings is 1. The topological polar surface area (TPSA) is 78.8 Å². The van der Waals surface area contributed by atoms with E-state index in [9.17, 15) is 13.2 Å². The van der Waals surface area contributed by atoms with Crippen molar-refractivity contribution in [3.05, 3.63) is 29.8 Å². The van der Waals surface area contributed by atoms with Crippen LogP contribution in [0.2, 0.25) is 0 Å². The van der Waals surface area contributed by atoms with Crippen LogP contribution in [0.4, 0.5) is 5.69 Å². The van der Waals surface area contributed by atoms with Gasteiger partial charge in [0.2, 0.25) is 5.91 Å². The van der Waals surface area contributed by atoms with E-state index in [1.54, 1.807) is 0 Å². The van der Waals surface area contributed by atoms with Crippen LogP contribution in [0.15, 0.2) is 29.4 Å². The number of sulfone groups is 1. The molecule has 1 atom stereocenters. The molecular formula is C18H25N3O3S. The van der Waals surface area contributed by atoms with Crippen LogP contribution in [0.5, 0.6) is 0 Å². The maximum absolute atomic E-state index is 12.0. The van der Waals surface area contributed by atoms with Gasteiger partial charge >= 0.3 is 0 Å². The van der Waals surface area contributed by atoms with E-state index in [2.05, 4.69) is 27.6 Å². The summed E-state index contributed by atoms with van der Waals surface area (Å²) in [7, 11) is -3.06. The third-order valence-electron chi connectivity index (χ3n) is 4.94. The lowest BCUT2D eigenvalue weighted by Gasteiger charge is -2.28. The van der Waals surface area contributed by atoms with Gasteiger partial charge in [-0.25, -0.2) is 13.8 Å². The minimum atomic E-state index is -3.06. The third-order valence-corrected chi connectivity index (χ3v) is 6.71. The lowest BCUT2D eigenvalue weighted by atomic mass is 10.1. The van der Waals surface area contributed by atoms with Crippen molar-refractivity contribution in [1.82, 2.24) is 5.43 Å². The molecule has 2 aliphatic heterocycles. The van der Waals surface area contributed by atoms with E-state index in [1.165, 1.54) is 24.9 Å². The number of rotatable bonds is 4. The molecule has 136 valence electrons. The van der Waals surface area contributed by atoms with Crippen molar-refractivity contribution in [3.8, 4) is 0 Å². The molecule has 7 heteroatoms. The minimum Gasteiger partial charge on any atom is -0.372 e. The van der Waals surface area contributed by atoms with Gasteiger partial charge in [-0.2, -0.15) is 5.10 Å². The average Bonchev–Trinajstić information content (AvgIpc) is 3.00. The van der Waals surface area contributed by atoms with Gasteiger partial charge in [0, 0.05) is 18.8 Å². The van der Waals surface area contributed by atoms with Gasteiger partial charge in [-0.1, -0.05) is 12.1 Å². The van der Waals surface area contributed by atoms with Gasteiger partial charge in [0.1, 0.15) is 0 Å². The Bertz CT molecular complexity index is 750. The Labute approximate surface area is 149 Å². The molecule has 0 spiro atoms. The summed E-state index contributed by atoms with van der Waals surface area (Å²) in [6.07, 6.45) is 4.17. The Kier molecular flexibility index (Phi) is 5.42. The maximum atomic E-state index is 12.0. The fourth-order valence-corrected chi connectivity index (χ4v) is 5.10. The second kappa shape index (κ2) is 7.56. The number of nitrogens with zero attached hydrogens (tertiary/aromatic N) is 2. The van der Waals surface area contributed by atoms with Crippen molar-refractivity contribution in [2.45, 2.75) is 32.6 Å². The molecule has 2 heterocycles. The number of hydrazone groups is 1. The van der Waals surface area contributed by atoms with Crippen LogP contribution in [-0.4, -0.2) is 44.6 Å². The molecule has 2 saturated heterocycles. The maximum Gasteiger partial charge on any atom is 0.244 e. The Morgan fingerprint density at radius 3 is 2.44 bits per heavy atom. The van der Waals surface area contributed by atoms with Gasteiger partial charge in [-0.3, -0.25) is 4.79 Å². The van der Waals surface area contributed by atoms with Gasteiger partial charge in [0.05, 0.1) is 23.1 Å². The molecular weight excluding hydrogens is 338 g/mol. The van der Waals surface area contributed by atoms with E-state index < -0.39 is 15.8 Å². The smallest absolute Gasteiger partial charge is 0.244 e. The number of amides is 1. The number of anilines is 1. The highest BCUT2D eigenvalue weighted by molar-refractivity contribution is 7.91. The Morgan fingerprint density at radius 1 is 1.16 bits per heavy atom. The van der Waals surface area contributed by atoms with Crippen LogP contribution in [0.25, 0.3) is 0 Å². The Hall–Kier alpha value is -1.89. The van der Waals surface area contributed by atoms with Gasteiger partial charge in [0.15, 0.2) is 9.84 Å². The summed E-state index contributed by atoms with van der Waals surface area (Å²) < 4.78 is 22.9.